The molecule has 0 saturated heterocycles. The van der Waals surface area contributed by atoms with Crippen molar-refractivity contribution in [2.45, 2.75) is 4.90 Å². The van der Waals surface area contributed by atoms with Crippen LogP contribution in [0, 0.1) is 5.82 Å². The molecule has 22 heavy (non-hydrogen) atoms. The molecule has 0 radical (unpaired) electrons. The van der Waals surface area contributed by atoms with E-state index < -0.39 is 21.4 Å². The third-order valence-corrected chi connectivity index (χ3v) is 4.48. The van der Waals surface area contributed by atoms with Gasteiger partial charge in [0.05, 0.1) is 17.7 Å². The van der Waals surface area contributed by atoms with Crippen LogP contribution in [0.15, 0.2) is 40.2 Å². The Morgan fingerprint density at radius 2 is 2.00 bits per heavy atom. The maximum Gasteiger partial charge on any atom is 0.269 e. The van der Waals surface area contributed by atoms with Crippen molar-refractivity contribution >= 4 is 27.3 Å². The fourth-order valence-electron chi connectivity index (χ4n) is 1.76. The van der Waals surface area contributed by atoms with Crippen LogP contribution in [0.25, 0.3) is 0 Å². The van der Waals surface area contributed by atoms with Gasteiger partial charge in [-0.2, -0.15) is 0 Å². The van der Waals surface area contributed by atoms with Gasteiger partial charge in [-0.25, -0.2) is 12.8 Å². The highest BCUT2D eigenvalue weighted by atomic mass is 35.5. The summed E-state index contributed by atoms with van der Waals surface area (Å²) in [6, 6.07) is 4.43. The number of pyridine rings is 1. The van der Waals surface area contributed by atoms with Crippen LogP contribution in [0.1, 0.15) is 0 Å². The number of nitrogens with one attached hydrogen (secondary N) is 1. The van der Waals surface area contributed by atoms with Gasteiger partial charge in [-0.05, 0) is 24.3 Å². The molecule has 1 aromatic heterocycles. The van der Waals surface area contributed by atoms with Crippen molar-refractivity contribution < 1.29 is 17.5 Å². The van der Waals surface area contributed by atoms with E-state index in [0.29, 0.717) is 0 Å². The number of hydrogen-bond acceptors (Lipinski definition) is 4. The molecule has 2 rings (SSSR count). The molecule has 0 spiro atoms. The van der Waals surface area contributed by atoms with Crippen molar-refractivity contribution in [2.24, 2.45) is 7.05 Å². The van der Waals surface area contributed by atoms with Crippen LogP contribution < -0.4 is 15.0 Å². The number of rotatable bonds is 4. The average molecular weight is 347 g/mol. The topological polar surface area (TPSA) is 77.4 Å². The fourth-order valence-corrected chi connectivity index (χ4v) is 3.05. The number of hydrogen-bond donors (Lipinski definition) is 1. The lowest BCUT2D eigenvalue weighted by Crippen LogP contribution is -2.19. The van der Waals surface area contributed by atoms with Crippen molar-refractivity contribution in [1.82, 2.24) is 4.57 Å². The molecule has 1 N–H and O–H groups in total. The molecule has 1 heterocycles. The largest absolute Gasteiger partial charge is 0.494 e. The number of methoxy groups -OCH3 is 1. The Morgan fingerprint density at radius 3 is 2.55 bits per heavy atom. The van der Waals surface area contributed by atoms with E-state index in [1.54, 1.807) is 0 Å². The molecule has 0 amide bonds. The summed E-state index contributed by atoms with van der Waals surface area (Å²) in [6.45, 7) is 0. The van der Waals surface area contributed by atoms with E-state index in [2.05, 4.69) is 4.72 Å². The Balaban J connectivity index is 2.40. The number of anilines is 1. The molecule has 0 unspecified atom stereocenters. The smallest absolute Gasteiger partial charge is 0.269 e. The SMILES string of the molecule is COc1ccc(S(=O)(=O)Nc2cc(Cl)c(=O)n(C)c2)cc1F. The van der Waals surface area contributed by atoms with E-state index in [-0.39, 0.29) is 21.4 Å². The van der Waals surface area contributed by atoms with Crippen LogP contribution in [-0.4, -0.2) is 20.1 Å². The number of nitrogens with zero attached hydrogens (tertiary/aromatic N) is 1. The van der Waals surface area contributed by atoms with E-state index in [0.717, 1.165) is 10.6 Å². The molecular weight excluding hydrogens is 335 g/mol. The van der Waals surface area contributed by atoms with Gasteiger partial charge in [0.2, 0.25) is 0 Å². The second-order valence-electron chi connectivity index (χ2n) is 4.39. The number of aryl methyl sites for hydroxylation is 1. The number of sulfonamides is 1. The Bertz CT molecular complexity index is 854. The second kappa shape index (κ2) is 5.98. The van der Waals surface area contributed by atoms with E-state index in [4.69, 9.17) is 16.3 Å². The molecule has 0 aliphatic rings. The molecule has 1 aromatic carbocycles. The normalized spacial score (nSPS) is 11.3. The highest BCUT2D eigenvalue weighted by Crippen LogP contribution is 2.22. The second-order valence-corrected chi connectivity index (χ2v) is 6.48. The molecular formula is C13H12ClFN2O4S. The summed E-state index contributed by atoms with van der Waals surface area (Å²) >= 11 is 5.71. The number of aromatic nitrogens is 1. The van der Waals surface area contributed by atoms with E-state index in [1.165, 1.54) is 38.6 Å². The molecule has 0 atom stereocenters. The zero-order valence-corrected chi connectivity index (χ0v) is 13.2. The minimum absolute atomic E-state index is 0.0656. The first-order valence-corrected chi connectivity index (χ1v) is 7.83. The van der Waals surface area contributed by atoms with E-state index in [1.807, 2.05) is 0 Å². The van der Waals surface area contributed by atoms with Gasteiger partial charge in [-0.3, -0.25) is 9.52 Å². The van der Waals surface area contributed by atoms with Crippen LogP contribution in [0.4, 0.5) is 10.1 Å². The lowest BCUT2D eigenvalue weighted by atomic mass is 10.3. The molecule has 0 aliphatic carbocycles. The van der Waals surface area contributed by atoms with Crippen molar-refractivity contribution in [3.63, 3.8) is 0 Å². The van der Waals surface area contributed by atoms with E-state index >= 15 is 0 Å². The fraction of sp³-hybridized carbons (Fsp3) is 0.154. The van der Waals surface area contributed by atoms with Gasteiger partial charge in [0.25, 0.3) is 15.6 Å². The number of halogens is 2. The van der Waals surface area contributed by atoms with Gasteiger partial charge in [0, 0.05) is 13.2 Å². The quantitative estimate of drug-likeness (QED) is 0.918. The Kier molecular flexibility index (Phi) is 4.43. The van der Waals surface area contributed by atoms with Crippen molar-refractivity contribution in [3.8, 4) is 5.75 Å². The molecule has 2 aromatic rings. The first kappa shape index (κ1) is 16.3. The standard InChI is InChI=1S/C13H12ClFN2O4S/c1-17-7-8(5-10(14)13(17)18)16-22(19,20)9-3-4-12(21-2)11(15)6-9/h3-7,16H,1-2H3. The van der Waals surface area contributed by atoms with Gasteiger partial charge in [-0.1, -0.05) is 11.6 Å². The molecule has 0 aliphatic heterocycles. The number of ether oxygens (including phenoxy) is 1. The zero-order valence-electron chi connectivity index (χ0n) is 11.6. The summed E-state index contributed by atoms with van der Waals surface area (Å²) in [6.07, 6.45) is 1.27. The minimum atomic E-state index is -4.03. The van der Waals surface area contributed by atoms with Gasteiger partial charge in [0.1, 0.15) is 5.02 Å². The summed E-state index contributed by atoms with van der Waals surface area (Å²) in [5.74, 6) is -0.868. The third kappa shape index (κ3) is 3.23. The summed E-state index contributed by atoms with van der Waals surface area (Å²) < 4.78 is 46.1. The Hall–Kier alpha value is -2.06. The van der Waals surface area contributed by atoms with Gasteiger partial charge in [0.15, 0.2) is 11.6 Å². The number of benzene rings is 1. The first-order chi connectivity index (χ1) is 10.2. The summed E-state index contributed by atoms with van der Waals surface area (Å²) in [5, 5.41) is -0.136. The lowest BCUT2D eigenvalue weighted by molar-refractivity contribution is 0.385. The monoisotopic (exact) mass is 346 g/mol. The van der Waals surface area contributed by atoms with Crippen LogP contribution >= 0.6 is 11.6 Å². The highest BCUT2D eigenvalue weighted by Gasteiger charge is 2.17. The van der Waals surface area contributed by atoms with Gasteiger partial charge < -0.3 is 9.30 Å². The first-order valence-electron chi connectivity index (χ1n) is 5.97. The van der Waals surface area contributed by atoms with Crippen LogP contribution in [-0.2, 0) is 17.1 Å². The molecule has 118 valence electrons. The molecule has 6 nitrogen and oxygen atoms in total. The summed E-state index contributed by atoms with van der Waals surface area (Å²) in [7, 11) is -1.32. The predicted molar refractivity (Wildman–Crippen MR) is 80.5 cm³/mol. The van der Waals surface area contributed by atoms with Crippen LogP contribution in [0.2, 0.25) is 5.02 Å². The van der Waals surface area contributed by atoms with Crippen molar-refractivity contribution in [2.75, 3.05) is 11.8 Å². The highest BCUT2D eigenvalue weighted by molar-refractivity contribution is 7.92. The molecule has 0 bridgehead atoms. The molecule has 9 heteroatoms. The molecule has 0 fully saturated rings. The van der Waals surface area contributed by atoms with E-state index in [9.17, 15) is 17.6 Å². The average Bonchev–Trinajstić information content (AvgIpc) is 2.44. The summed E-state index contributed by atoms with van der Waals surface area (Å²) in [4.78, 5) is 11.2. The van der Waals surface area contributed by atoms with Crippen molar-refractivity contribution in [3.05, 3.63) is 51.7 Å². The van der Waals surface area contributed by atoms with Crippen LogP contribution in [0.3, 0.4) is 0 Å². The minimum Gasteiger partial charge on any atom is -0.494 e. The van der Waals surface area contributed by atoms with Gasteiger partial charge >= 0.3 is 0 Å². The Morgan fingerprint density at radius 1 is 1.32 bits per heavy atom. The summed E-state index contributed by atoms with van der Waals surface area (Å²) in [5.41, 5.74) is -0.372. The maximum atomic E-state index is 13.6. The molecule has 0 saturated carbocycles. The predicted octanol–water partition coefficient (Wildman–Crippen LogP) is 1.99. The Labute approximate surface area is 131 Å². The lowest BCUT2D eigenvalue weighted by Gasteiger charge is -2.10. The third-order valence-electron chi connectivity index (χ3n) is 2.83. The zero-order chi connectivity index (χ0) is 16.5. The maximum absolute atomic E-state index is 13.6. The van der Waals surface area contributed by atoms with Crippen molar-refractivity contribution in [1.29, 1.82) is 0 Å². The van der Waals surface area contributed by atoms with Crippen LogP contribution in [0.5, 0.6) is 5.75 Å². The van der Waals surface area contributed by atoms with Gasteiger partial charge in [-0.15, -0.1) is 0 Å².